The second-order valence-electron chi connectivity index (χ2n) is 6.53. The molecule has 2 aromatic carbocycles. The van der Waals surface area contributed by atoms with Gasteiger partial charge in [-0.2, -0.15) is 5.10 Å². The molecule has 0 aliphatic heterocycles. The molecule has 136 valence electrons. The van der Waals surface area contributed by atoms with E-state index in [9.17, 15) is 14.4 Å². The first-order valence-corrected chi connectivity index (χ1v) is 8.80. The van der Waals surface area contributed by atoms with Crippen LogP contribution in [0.5, 0.6) is 0 Å². The van der Waals surface area contributed by atoms with E-state index >= 15 is 0 Å². The number of carbonyl (C=O) groups excluding carboxylic acids is 2. The van der Waals surface area contributed by atoms with Gasteiger partial charge in [-0.05, 0) is 36.5 Å². The average Bonchev–Trinajstić information content (AvgIpc) is 2.72. The van der Waals surface area contributed by atoms with Crippen LogP contribution >= 0.6 is 0 Å². The van der Waals surface area contributed by atoms with Crippen molar-refractivity contribution in [2.75, 3.05) is 0 Å². The molecule has 0 fully saturated rings. The Bertz CT molecular complexity index is 1090. The maximum Gasteiger partial charge on any atom is 0.290 e. The van der Waals surface area contributed by atoms with Crippen LogP contribution < -0.4 is 16.4 Å². The number of hydrogen-bond donors (Lipinski definition) is 3. The number of aromatic nitrogens is 2. The van der Waals surface area contributed by atoms with Crippen molar-refractivity contribution < 1.29 is 9.59 Å². The van der Waals surface area contributed by atoms with Gasteiger partial charge in [0.1, 0.15) is 0 Å². The molecule has 27 heavy (non-hydrogen) atoms. The molecule has 0 radical (unpaired) electrons. The summed E-state index contributed by atoms with van der Waals surface area (Å²) < 4.78 is 0. The van der Waals surface area contributed by atoms with Crippen LogP contribution in [0.4, 0.5) is 0 Å². The van der Waals surface area contributed by atoms with E-state index in [2.05, 4.69) is 21.0 Å². The topological polar surface area (TPSA) is 104 Å². The molecule has 0 bridgehead atoms. The van der Waals surface area contributed by atoms with E-state index in [-0.39, 0.29) is 23.1 Å². The third-order valence-corrected chi connectivity index (χ3v) is 4.90. The first-order chi connectivity index (χ1) is 13.1. The number of hydrogen-bond acceptors (Lipinski definition) is 4. The molecule has 1 aliphatic carbocycles. The molecule has 0 saturated heterocycles. The molecule has 3 aromatic rings. The highest BCUT2D eigenvalue weighted by atomic mass is 16.2. The van der Waals surface area contributed by atoms with Gasteiger partial charge in [-0.3, -0.25) is 25.2 Å². The van der Waals surface area contributed by atoms with Crippen LogP contribution in [0.1, 0.15) is 40.4 Å². The Kier molecular flexibility index (Phi) is 4.42. The van der Waals surface area contributed by atoms with Gasteiger partial charge < -0.3 is 0 Å². The molecule has 0 unspecified atom stereocenters. The molecule has 0 saturated carbocycles. The van der Waals surface area contributed by atoms with Gasteiger partial charge in [-0.25, -0.2) is 5.10 Å². The lowest BCUT2D eigenvalue weighted by Crippen LogP contribution is -2.45. The lowest BCUT2D eigenvalue weighted by atomic mass is 9.82. The van der Waals surface area contributed by atoms with Crippen LogP contribution in [0.15, 0.2) is 53.3 Å². The predicted molar refractivity (Wildman–Crippen MR) is 100 cm³/mol. The summed E-state index contributed by atoms with van der Waals surface area (Å²) in [6.45, 7) is 0. The van der Waals surface area contributed by atoms with Crippen LogP contribution in [-0.2, 0) is 11.2 Å². The van der Waals surface area contributed by atoms with Crippen molar-refractivity contribution in [3.05, 3.63) is 75.7 Å². The number of hydrazine groups is 1. The Morgan fingerprint density at radius 2 is 1.74 bits per heavy atom. The number of rotatable bonds is 2. The number of benzene rings is 2. The standard InChI is InChI=1S/C20H18N4O3/c25-18(15-11-5-7-12-6-1-2-8-13(12)15)23-24-20(27)17-14-9-3-4-10-16(14)19(26)22-21-17/h1-4,6,8-10,15H,5,7,11H2,(H,22,26)(H,23,25)(H,24,27)/t15-/m0/s1. The molecule has 0 spiro atoms. The minimum absolute atomic E-state index is 0.0505. The summed E-state index contributed by atoms with van der Waals surface area (Å²) in [5, 5.41) is 6.93. The average molecular weight is 362 g/mol. The number of amides is 2. The van der Waals surface area contributed by atoms with E-state index < -0.39 is 5.91 Å². The van der Waals surface area contributed by atoms with Crippen LogP contribution in [0.2, 0.25) is 0 Å². The largest absolute Gasteiger partial charge is 0.290 e. The summed E-state index contributed by atoms with van der Waals surface area (Å²) in [6.07, 6.45) is 2.62. The van der Waals surface area contributed by atoms with E-state index in [4.69, 9.17) is 0 Å². The van der Waals surface area contributed by atoms with Crippen molar-refractivity contribution in [2.24, 2.45) is 0 Å². The minimum Gasteiger partial charge on any atom is -0.273 e. The fourth-order valence-corrected chi connectivity index (χ4v) is 3.58. The van der Waals surface area contributed by atoms with Gasteiger partial charge in [-0.1, -0.05) is 42.5 Å². The van der Waals surface area contributed by atoms with Crippen LogP contribution in [0.25, 0.3) is 10.8 Å². The normalized spacial score (nSPS) is 15.8. The molecular weight excluding hydrogens is 344 g/mol. The monoisotopic (exact) mass is 362 g/mol. The summed E-state index contributed by atoms with van der Waals surface area (Å²) in [7, 11) is 0. The first-order valence-electron chi connectivity index (χ1n) is 8.80. The zero-order valence-electron chi connectivity index (χ0n) is 14.5. The van der Waals surface area contributed by atoms with Gasteiger partial charge in [0.05, 0.1) is 11.3 Å². The SMILES string of the molecule is O=C(NNC(=O)[C@H]1CCCc2ccccc21)c1n[nH]c(=O)c2ccccc12. The van der Waals surface area contributed by atoms with Crippen molar-refractivity contribution in [3.63, 3.8) is 0 Å². The highest BCUT2D eigenvalue weighted by molar-refractivity contribution is 6.05. The van der Waals surface area contributed by atoms with Gasteiger partial charge in [-0.15, -0.1) is 0 Å². The highest BCUT2D eigenvalue weighted by Crippen LogP contribution is 2.31. The number of nitrogens with zero attached hydrogens (tertiary/aromatic N) is 1. The Balaban J connectivity index is 1.52. The predicted octanol–water partition coefficient (Wildman–Crippen LogP) is 1.80. The second kappa shape index (κ2) is 7.03. The van der Waals surface area contributed by atoms with Crippen LogP contribution in [0, 0.1) is 0 Å². The Labute approximate surface area is 154 Å². The lowest BCUT2D eigenvalue weighted by Gasteiger charge is -2.24. The summed E-state index contributed by atoms with van der Waals surface area (Å²) in [6, 6.07) is 14.6. The van der Waals surface area contributed by atoms with E-state index in [0.29, 0.717) is 10.8 Å². The number of H-pyrrole nitrogens is 1. The molecule has 2 amide bonds. The molecule has 1 heterocycles. The molecule has 4 rings (SSSR count). The van der Waals surface area contributed by atoms with Crippen molar-refractivity contribution >= 4 is 22.6 Å². The van der Waals surface area contributed by atoms with Gasteiger partial charge in [0.2, 0.25) is 5.91 Å². The van der Waals surface area contributed by atoms with Crippen molar-refractivity contribution in [1.29, 1.82) is 0 Å². The lowest BCUT2D eigenvalue weighted by molar-refractivity contribution is -0.123. The Hall–Kier alpha value is -3.48. The fraction of sp³-hybridized carbons (Fsp3) is 0.200. The smallest absolute Gasteiger partial charge is 0.273 e. The number of aromatic amines is 1. The molecule has 1 aliphatic rings. The van der Waals surface area contributed by atoms with Gasteiger partial charge in [0, 0.05) is 5.39 Å². The number of carbonyl (C=O) groups is 2. The van der Waals surface area contributed by atoms with E-state index in [1.165, 1.54) is 5.56 Å². The van der Waals surface area contributed by atoms with E-state index in [0.717, 1.165) is 24.8 Å². The minimum atomic E-state index is -0.583. The van der Waals surface area contributed by atoms with Crippen molar-refractivity contribution in [3.8, 4) is 0 Å². The van der Waals surface area contributed by atoms with Crippen molar-refractivity contribution in [1.82, 2.24) is 21.0 Å². The van der Waals surface area contributed by atoms with Gasteiger partial charge in [0.15, 0.2) is 5.69 Å². The summed E-state index contributed by atoms with van der Waals surface area (Å²) in [4.78, 5) is 36.9. The van der Waals surface area contributed by atoms with E-state index in [1.807, 2.05) is 24.3 Å². The maximum atomic E-state index is 12.6. The fourth-order valence-electron chi connectivity index (χ4n) is 3.58. The Morgan fingerprint density at radius 1 is 1.00 bits per heavy atom. The van der Waals surface area contributed by atoms with Crippen molar-refractivity contribution in [2.45, 2.75) is 25.2 Å². The number of nitrogens with one attached hydrogen (secondary N) is 3. The van der Waals surface area contributed by atoms with E-state index in [1.54, 1.807) is 24.3 Å². The zero-order chi connectivity index (χ0) is 18.8. The second-order valence-corrected chi connectivity index (χ2v) is 6.53. The zero-order valence-corrected chi connectivity index (χ0v) is 14.5. The molecule has 7 nitrogen and oxygen atoms in total. The molecule has 7 heteroatoms. The third kappa shape index (κ3) is 3.19. The van der Waals surface area contributed by atoms with Gasteiger partial charge in [0.25, 0.3) is 11.5 Å². The molecule has 1 atom stereocenters. The first kappa shape index (κ1) is 17.0. The molecule has 1 aromatic heterocycles. The summed E-state index contributed by atoms with van der Waals surface area (Å²) in [5.41, 5.74) is 6.77. The molecular formula is C20H18N4O3. The van der Waals surface area contributed by atoms with Crippen LogP contribution in [0.3, 0.4) is 0 Å². The highest BCUT2D eigenvalue weighted by Gasteiger charge is 2.26. The van der Waals surface area contributed by atoms with Gasteiger partial charge >= 0.3 is 0 Å². The summed E-state index contributed by atoms with van der Waals surface area (Å²) in [5.74, 6) is -1.14. The number of fused-ring (bicyclic) bond motifs is 2. The quantitative estimate of drug-likeness (QED) is 0.605. The third-order valence-electron chi connectivity index (χ3n) is 4.90. The van der Waals surface area contributed by atoms with Crippen LogP contribution in [-0.4, -0.2) is 22.0 Å². The molecule has 3 N–H and O–H groups in total. The summed E-state index contributed by atoms with van der Waals surface area (Å²) >= 11 is 0. The Morgan fingerprint density at radius 3 is 2.59 bits per heavy atom. The maximum absolute atomic E-state index is 12.6. The number of aryl methyl sites for hydroxylation is 1.